The van der Waals surface area contributed by atoms with Crippen molar-refractivity contribution in [3.63, 3.8) is 0 Å². The van der Waals surface area contributed by atoms with Crippen LogP contribution in [0.15, 0.2) is 0 Å². The van der Waals surface area contributed by atoms with E-state index in [9.17, 15) is 9.59 Å². The number of urea groups is 1. The first-order valence-corrected chi connectivity index (χ1v) is 6.30. The Morgan fingerprint density at radius 3 is 2.50 bits per heavy atom. The second kappa shape index (κ2) is 5.21. The van der Waals surface area contributed by atoms with Gasteiger partial charge in [-0.15, -0.1) is 0 Å². The first kappa shape index (κ1) is 13.3. The molecule has 0 unspecified atom stereocenters. The Balaban J connectivity index is 2.02. The summed E-state index contributed by atoms with van der Waals surface area (Å²) in [5, 5.41) is 11.7. The highest BCUT2D eigenvalue weighted by atomic mass is 16.3. The van der Waals surface area contributed by atoms with Crippen LogP contribution in [0.2, 0.25) is 0 Å². The fourth-order valence-corrected chi connectivity index (χ4v) is 2.65. The van der Waals surface area contributed by atoms with Gasteiger partial charge in [0.1, 0.15) is 5.54 Å². The highest BCUT2D eigenvalue weighted by molar-refractivity contribution is 6.07. The molecule has 0 atom stereocenters. The molecule has 102 valence electrons. The number of hydrogen-bond acceptors (Lipinski definition) is 5. The van der Waals surface area contributed by atoms with E-state index >= 15 is 0 Å². The summed E-state index contributed by atoms with van der Waals surface area (Å²) in [6.07, 6.45) is 1.19. The maximum absolute atomic E-state index is 12.3. The number of carbonyl (C=O) groups excluding carboxylic acids is 2. The molecule has 7 nitrogen and oxygen atoms in total. The van der Waals surface area contributed by atoms with Gasteiger partial charge in [-0.05, 0) is 12.8 Å². The average Bonchev–Trinajstić information content (AvgIpc) is 2.58. The normalized spacial score (nSPS) is 23.8. The molecule has 4 N–H and O–H groups in total. The van der Waals surface area contributed by atoms with Crippen molar-refractivity contribution in [2.24, 2.45) is 5.73 Å². The number of nitrogens with one attached hydrogen (secondary N) is 1. The highest BCUT2D eigenvalue weighted by Gasteiger charge is 2.51. The molecule has 0 aliphatic carbocycles. The van der Waals surface area contributed by atoms with Crippen LogP contribution in [-0.4, -0.2) is 71.7 Å². The Morgan fingerprint density at radius 1 is 1.28 bits per heavy atom. The Morgan fingerprint density at radius 2 is 1.94 bits per heavy atom. The van der Waals surface area contributed by atoms with E-state index in [0.717, 1.165) is 0 Å². The molecule has 2 saturated heterocycles. The van der Waals surface area contributed by atoms with Gasteiger partial charge in [0.25, 0.3) is 5.91 Å². The smallest absolute Gasteiger partial charge is 0.325 e. The zero-order valence-electron chi connectivity index (χ0n) is 10.4. The summed E-state index contributed by atoms with van der Waals surface area (Å²) in [5.41, 5.74) is 4.66. The first-order chi connectivity index (χ1) is 8.63. The van der Waals surface area contributed by atoms with Gasteiger partial charge in [-0.1, -0.05) is 0 Å². The minimum atomic E-state index is -0.738. The molecule has 2 heterocycles. The Hall–Kier alpha value is -1.18. The van der Waals surface area contributed by atoms with E-state index in [4.69, 9.17) is 10.8 Å². The van der Waals surface area contributed by atoms with Gasteiger partial charge in [-0.3, -0.25) is 9.69 Å². The Kier molecular flexibility index (Phi) is 3.84. The number of rotatable bonds is 4. The Bertz CT molecular complexity index is 339. The monoisotopic (exact) mass is 256 g/mol. The molecule has 18 heavy (non-hydrogen) atoms. The van der Waals surface area contributed by atoms with E-state index in [0.29, 0.717) is 32.5 Å². The third-order valence-electron chi connectivity index (χ3n) is 3.72. The van der Waals surface area contributed by atoms with E-state index in [-0.39, 0.29) is 31.6 Å². The summed E-state index contributed by atoms with van der Waals surface area (Å²) in [6, 6.07) is -0.332. The molecule has 0 bridgehead atoms. The molecule has 0 aromatic heterocycles. The van der Waals surface area contributed by atoms with Gasteiger partial charge in [0.15, 0.2) is 0 Å². The van der Waals surface area contributed by atoms with Gasteiger partial charge < -0.3 is 21.1 Å². The molecule has 1 spiro atoms. The van der Waals surface area contributed by atoms with Crippen LogP contribution >= 0.6 is 0 Å². The maximum Gasteiger partial charge on any atom is 0.325 e. The van der Waals surface area contributed by atoms with Crippen LogP contribution in [0.5, 0.6) is 0 Å². The van der Waals surface area contributed by atoms with E-state index in [1.807, 2.05) is 0 Å². The predicted molar refractivity (Wildman–Crippen MR) is 64.8 cm³/mol. The summed E-state index contributed by atoms with van der Waals surface area (Å²) in [5.74, 6) is -0.151. The van der Waals surface area contributed by atoms with Gasteiger partial charge in [0.2, 0.25) is 0 Å². The van der Waals surface area contributed by atoms with Crippen molar-refractivity contribution in [3.8, 4) is 0 Å². The summed E-state index contributed by atoms with van der Waals surface area (Å²) >= 11 is 0. The minimum Gasteiger partial charge on any atom is -0.395 e. The number of likely N-dealkylation sites (tertiary alicyclic amines) is 1. The lowest BCUT2D eigenvalue weighted by molar-refractivity contribution is -0.132. The van der Waals surface area contributed by atoms with Crippen molar-refractivity contribution >= 4 is 11.9 Å². The molecule has 0 radical (unpaired) electrons. The number of nitrogens with two attached hydrogens (primary N) is 1. The molecule has 2 rings (SSSR count). The molecular formula is C11H20N4O3. The summed E-state index contributed by atoms with van der Waals surface area (Å²) < 4.78 is 0. The van der Waals surface area contributed by atoms with Crippen molar-refractivity contribution < 1.29 is 14.7 Å². The van der Waals surface area contributed by atoms with Crippen molar-refractivity contribution in [1.29, 1.82) is 0 Å². The van der Waals surface area contributed by atoms with Gasteiger partial charge in [0.05, 0.1) is 6.61 Å². The van der Waals surface area contributed by atoms with Crippen molar-refractivity contribution in [2.45, 2.75) is 18.4 Å². The summed E-state index contributed by atoms with van der Waals surface area (Å²) in [7, 11) is 0. The standard InChI is InChI=1S/C11H20N4O3/c12-3-6-15-9(17)11(13-10(15)18)1-4-14(5-2-11)7-8-16/h16H,1-8,12H2,(H,13,18). The van der Waals surface area contributed by atoms with E-state index in [2.05, 4.69) is 10.2 Å². The van der Waals surface area contributed by atoms with Crippen LogP contribution in [0.4, 0.5) is 4.79 Å². The second-order valence-corrected chi connectivity index (χ2v) is 4.82. The quantitative estimate of drug-likeness (QED) is 0.522. The number of piperidine rings is 1. The van der Waals surface area contributed by atoms with Crippen LogP contribution in [0.3, 0.4) is 0 Å². The van der Waals surface area contributed by atoms with Crippen molar-refractivity contribution in [1.82, 2.24) is 15.1 Å². The molecule has 2 aliphatic rings. The number of amides is 3. The maximum atomic E-state index is 12.3. The van der Waals surface area contributed by atoms with E-state index in [1.165, 1.54) is 4.90 Å². The average molecular weight is 256 g/mol. The molecule has 2 fully saturated rings. The second-order valence-electron chi connectivity index (χ2n) is 4.82. The first-order valence-electron chi connectivity index (χ1n) is 6.30. The zero-order valence-corrected chi connectivity index (χ0v) is 10.4. The van der Waals surface area contributed by atoms with Crippen LogP contribution in [-0.2, 0) is 4.79 Å². The van der Waals surface area contributed by atoms with E-state index < -0.39 is 5.54 Å². The van der Waals surface area contributed by atoms with E-state index in [1.54, 1.807) is 0 Å². The number of imide groups is 1. The third-order valence-corrected chi connectivity index (χ3v) is 3.72. The lowest BCUT2D eigenvalue weighted by Gasteiger charge is -2.36. The molecule has 0 aromatic rings. The lowest BCUT2D eigenvalue weighted by Crippen LogP contribution is -2.55. The Labute approximate surface area is 106 Å². The SMILES string of the molecule is NCCN1C(=O)NC2(CCN(CCO)CC2)C1=O. The highest BCUT2D eigenvalue weighted by Crippen LogP contribution is 2.29. The molecule has 0 aromatic carbocycles. The molecule has 3 amide bonds. The van der Waals surface area contributed by atoms with Crippen molar-refractivity contribution in [3.05, 3.63) is 0 Å². The molecule has 2 aliphatic heterocycles. The predicted octanol–water partition coefficient (Wildman–Crippen LogP) is -1.68. The van der Waals surface area contributed by atoms with Crippen LogP contribution < -0.4 is 11.1 Å². The fourth-order valence-electron chi connectivity index (χ4n) is 2.65. The molecule has 7 heteroatoms. The van der Waals surface area contributed by atoms with Crippen molar-refractivity contribution in [2.75, 3.05) is 39.3 Å². The third kappa shape index (κ3) is 2.21. The molecular weight excluding hydrogens is 236 g/mol. The largest absolute Gasteiger partial charge is 0.395 e. The van der Waals surface area contributed by atoms with Gasteiger partial charge in [0, 0.05) is 32.7 Å². The summed E-state index contributed by atoms with van der Waals surface area (Å²) in [6.45, 7) is 2.71. The number of nitrogens with zero attached hydrogens (tertiary/aromatic N) is 2. The molecule has 0 saturated carbocycles. The minimum absolute atomic E-state index is 0.118. The van der Waals surface area contributed by atoms with Gasteiger partial charge >= 0.3 is 6.03 Å². The van der Waals surface area contributed by atoms with Crippen LogP contribution in [0, 0.1) is 0 Å². The topological polar surface area (TPSA) is 98.9 Å². The lowest BCUT2D eigenvalue weighted by atomic mass is 9.87. The number of aliphatic hydroxyl groups is 1. The fraction of sp³-hybridized carbons (Fsp3) is 0.818. The van der Waals surface area contributed by atoms with Crippen LogP contribution in [0.1, 0.15) is 12.8 Å². The van der Waals surface area contributed by atoms with Gasteiger partial charge in [-0.2, -0.15) is 0 Å². The van der Waals surface area contributed by atoms with Crippen LogP contribution in [0.25, 0.3) is 0 Å². The number of aliphatic hydroxyl groups excluding tert-OH is 1. The number of hydrogen-bond donors (Lipinski definition) is 3. The summed E-state index contributed by atoms with van der Waals surface area (Å²) in [4.78, 5) is 27.3. The van der Waals surface area contributed by atoms with Gasteiger partial charge in [-0.25, -0.2) is 4.79 Å². The zero-order chi connectivity index (χ0) is 13.2. The number of carbonyl (C=O) groups is 2. The number of β-amino-alcohol motifs (C(OH)–C–C–N with tert-alkyl or cyclic N) is 1.